The SMILES string of the molecule is Cc1[nH]c2ccc(C(=O)NC(C)CC(N)=O)cc2c1C. The van der Waals surface area contributed by atoms with Crippen molar-refractivity contribution in [3.8, 4) is 0 Å². The van der Waals surface area contributed by atoms with Crippen LogP contribution in [-0.4, -0.2) is 22.8 Å². The number of fused-ring (bicyclic) bond motifs is 1. The maximum atomic E-state index is 12.1. The van der Waals surface area contributed by atoms with E-state index in [4.69, 9.17) is 5.73 Å². The van der Waals surface area contributed by atoms with Crippen molar-refractivity contribution >= 4 is 22.7 Å². The van der Waals surface area contributed by atoms with Gasteiger partial charge in [-0.05, 0) is 44.5 Å². The first-order valence-corrected chi connectivity index (χ1v) is 6.56. The van der Waals surface area contributed by atoms with Crippen LogP contribution < -0.4 is 11.1 Å². The Balaban J connectivity index is 2.22. The lowest BCUT2D eigenvalue weighted by molar-refractivity contribution is -0.118. The molecule has 106 valence electrons. The van der Waals surface area contributed by atoms with Crippen molar-refractivity contribution in [2.75, 3.05) is 0 Å². The Morgan fingerprint density at radius 1 is 1.35 bits per heavy atom. The molecule has 0 aliphatic heterocycles. The molecule has 0 spiro atoms. The lowest BCUT2D eigenvalue weighted by Gasteiger charge is -2.12. The van der Waals surface area contributed by atoms with Crippen molar-refractivity contribution < 1.29 is 9.59 Å². The number of carbonyl (C=O) groups excluding carboxylic acids is 2. The zero-order valence-corrected chi connectivity index (χ0v) is 11.9. The first kappa shape index (κ1) is 14.1. The summed E-state index contributed by atoms with van der Waals surface area (Å²) in [5, 5.41) is 3.81. The highest BCUT2D eigenvalue weighted by atomic mass is 16.2. The second kappa shape index (κ2) is 5.36. The Kier molecular flexibility index (Phi) is 3.79. The van der Waals surface area contributed by atoms with Gasteiger partial charge in [-0.15, -0.1) is 0 Å². The molecule has 0 fully saturated rings. The van der Waals surface area contributed by atoms with Gasteiger partial charge in [0.05, 0.1) is 0 Å². The predicted molar refractivity (Wildman–Crippen MR) is 78.5 cm³/mol. The van der Waals surface area contributed by atoms with E-state index in [1.165, 1.54) is 0 Å². The highest BCUT2D eigenvalue weighted by Gasteiger charge is 2.13. The summed E-state index contributed by atoms with van der Waals surface area (Å²) < 4.78 is 0. The van der Waals surface area contributed by atoms with Gasteiger partial charge in [-0.3, -0.25) is 9.59 Å². The summed E-state index contributed by atoms with van der Waals surface area (Å²) >= 11 is 0. The van der Waals surface area contributed by atoms with Gasteiger partial charge < -0.3 is 16.0 Å². The summed E-state index contributed by atoms with van der Waals surface area (Å²) in [6.45, 7) is 5.78. The Morgan fingerprint density at radius 3 is 2.70 bits per heavy atom. The van der Waals surface area contributed by atoms with Gasteiger partial charge in [0.2, 0.25) is 5.91 Å². The third kappa shape index (κ3) is 2.82. The fourth-order valence-corrected chi connectivity index (χ4v) is 2.26. The molecule has 0 saturated carbocycles. The molecule has 2 rings (SSSR count). The number of aromatic nitrogens is 1. The maximum absolute atomic E-state index is 12.1. The molecule has 5 nitrogen and oxygen atoms in total. The van der Waals surface area contributed by atoms with Crippen molar-refractivity contribution in [3.05, 3.63) is 35.0 Å². The monoisotopic (exact) mass is 273 g/mol. The third-order valence-electron chi connectivity index (χ3n) is 3.46. The molecule has 0 saturated heterocycles. The number of aryl methyl sites for hydroxylation is 2. The molecule has 20 heavy (non-hydrogen) atoms. The number of benzene rings is 1. The van der Waals surface area contributed by atoms with Crippen LogP contribution in [-0.2, 0) is 4.79 Å². The highest BCUT2D eigenvalue weighted by molar-refractivity contribution is 5.99. The van der Waals surface area contributed by atoms with Gasteiger partial charge in [0, 0.05) is 34.6 Å². The van der Waals surface area contributed by atoms with E-state index in [0.29, 0.717) is 5.56 Å². The van der Waals surface area contributed by atoms with Gasteiger partial charge in [-0.1, -0.05) is 0 Å². The van der Waals surface area contributed by atoms with Crippen molar-refractivity contribution in [3.63, 3.8) is 0 Å². The molecule has 1 atom stereocenters. The third-order valence-corrected chi connectivity index (χ3v) is 3.46. The van der Waals surface area contributed by atoms with E-state index >= 15 is 0 Å². The van der Waals surface area contributed by atoms with Crippen LogP contribution in [0.15, 0.2) is 18.2 Å². The summed E-state index contributed by atoms with van der Waals surface area (Å²) in [5.41, 5.74) is 8.94. The van der Waals surface area contributed by atoms with Crippen LogP contribution in [0.3, 0.4) is 0 Å². The van der Waals surface area contributed by atoms with E-state index in [0.717, 1.165) is 22.2 Å². The van der Waals surface area contributed by atoms with Gasteiger partial charge >= 0.3 is 0 Å². The summed E-state index contributed by atoms with van der Waals surface area (Å²) in [4.78, 5) is 26.2. The van der Waals surface area contributed by atoms with E-state index < -0.39 is 5.91 Å². The number of nitrogens with one attached hydrogen (secondary N) is 2. The summed E-state index contributed by atoms with van der Waals surface area (Å²) in [6.07, 6.45) is 0.135. The van der Waals surface area contributed by atoms with E-state index in [-0.39, 0.29) is 18.4 Å². The number of rotatable bonds is 4. The molecule has 1 aromatic heterocycles. The number of hydrogen-bond acceptors (Lipinski definition) is 2. The van der Waals surface area contributed by atoms with E-state index in [2.05, 4.69) is 10.3 Å². The van der Waals surface area contributed by atoms with Gasteiger partial charge in [0.1, 0.15) is 0 Å². The first-order valence-electron chi connectivity index (χ1n) is 6.56. The zero-order valence-electron chi connectivity index (χ0n) is 11.9. The molecule has 0 aliphatic rings. The smallest absolute Gasteiger partial charge is 0.251 e. The lowest BCUT2D eigenvalue weighted by atomic mass is 10.1. The van der Waals surface area contributed by atoms with Crippen LogP contribution in [0, 0.1) is 13.8 Å². The van der Waals surface area contributed by atoms with Crippen LogP contribution in [0.25, 0.3) is 10.9 Å². The minimum Gasteiger partial charge on any atom is -0.370 e. The minimum absolute atomic E-state index is 0.135. The maximum Gasteiger partial charge on any atom is 0.251 e. The van der Waals surface area contributed by atoms with Crippen molar-refractivity contribution in [2.45, 2.75) is 33.2 Å². The van der Waals surface area contributed by atoms with Crippen LogP contribution in [0.1, 0.15) is 35.0 Å². The van der Waals surface area contributed by atoms with Crippen molar-refractivity contribution in [2.24, 2.45) is 5.73 Å². The van der Waals surface area contributed by atoms with Gasteiger partial charge in [-0.25, -0.2) is 0 Å². The van der Waals surface area contributed by atoms with Crippen LogP contribution >= 0.6 is 0 Å². The summed E-state index contributed by atoms with van der Waals surface area (Å²) in [7, 11) is 0. The average molecular weight is 273 g/mol. The van der Waals surface area contributed by atoms with E-state index in [9.17, 15) is 9.59 Å². The van der Waals surface area contributed by atoms with Crippen molar-refractivity contribution in [1.29, 1.82) is 0 Å². The number of carbonyl (C=O) groups is 2. The Morgan fingerprint density at radius 2 is 2.05 bits per heavy atom. The Labute approximate surface area is 117 Å². The largest absolute Gasteiger partial charge is 0.370 e. The van der Waals surface area contributed by atoms with Gasteiger partial charge in [0.15, 0.2) is 0 Å². The lowest BCUT2D eigenvalue weighted by Crippen LogP contribution is -2.35. The van der Waals surface area contributed by atoms with Crippen LogP contribution in [0.4, 0.5) is 0 Å². The fraction of sp³-hybridized carbons (Fsp3) is 0.333. The Bertz CT molecular complexity index is 673. The molecule has 2 aromatic rings. The molecule has 0 bridgehead atoms. The quantitative estimate of drug-likeness (QED) is 0.792. The molecule has 1 heterocycles. The second-order valence-electron chi connectivity index (χ2n) is 5.18. The first-order chi connectivity index (χ1) is 9.38. The molecule has 1 aromatic carbocycles. The number of hydrogen-bond donors (Lipinski definition) is 3. The zero-order chi connectivity index (χ0) is 14.9. The molecule has 0 radical (unpaired) electrons. The topological polar surface area (TPSA) is 88.0 Å². The number of amides is 2. The summed E-state index contributed by atoms with van der Waals surface area (Å²) in [5.74, 6) is -0.621. The van der Waals surface area contributed by atoms with Crippen LogP contribution in [0.2, 0.25) is 0 Å². The molecule has 5 heteroatoms. The van der Waals surface area contributed by atoms with Crippen LogP contribution in [0.5, 0.6) is 0 Å². The number of aromatic amines is 1. The highest BCUT2D eigenvalue weighted by Crippen LogP contribution is 2.22. The number of H-pyrrole nitrogens is 1. The normalized spacial score (nSPS) is 12.3. The van der Waals surface area contributed by atoms with Crippen molar-refractivity contribution in [1.82, 2.24) is 10.3 Å². The van der Waals surface area contributed by atoms with Gasteiger partial charge in [-0.2, -0.15) is 0 Å². The number of nitrogens with two attached hydrogens (primary N) is 1. The minimum atomic E-state index is -0.426. The van der Waals surface area contributed by atoms with E-state index in [1.54, 1.807) is 13.0 Å². The van der Waals surface area contributed by atoms with Gasteiger partial charge in [0.25, 0.3) is 5.91 Å². The molecular weight excluding hydrogens is 254 g/mol. The second-order valence-corrected chi connectivity index (χ2v) is 5.18. The fourth-order valence-electron chi connectivity index (χ4n) is 2.26. The van der Waals surface area contributed by atoms with E-state index in [1.807, 2.05) is 26.0 Å². The molecular formula is C15H19N3O2. The average Bonchev–Trinajstić information content (AvgIpc) is 2.63. The molecule has 1 unspecified atom stereocenters. The predicted octanol–water partition coefficient (Wildman–Crippen LogP) is 1.78. The number of primary amides is 1. The molecule has 4 N–H and O–H groups in total. The molecule has 0 aliphatic carbocycles. The molecule has 2 amide bonds. The Hall–Kier alpha value is -2.30. The summed E-state index contributed by atoms with van der Waals surface area (Å²) in [6, 6.07) is 5.25. The standard InChI is InChI=1S/C15H19N3O2/c1-8(6-14(16)19)17-15(20)11-4-5-13-12(7-11)9(2)10(3)18-13/h4-5,7-8,18H,6H2,1-3H3,(H2,16,19)(H,17,20).